The van der Waals surface area contributed by atoms with Gasteiger partial charge in [0.25, 0.3) is 5.91 Å². The highest BCUT2D eigenvalue weighted by molar-refractivity contribution is 7.92. The fourth-order valence-corrected chi connectivity index (χ4v) is 6.01. The Kier molecular flexibility index (Phi) is 12.5. The number of aromatic amines is 1. The number of nitrogens with zero attached hydrogens (tertiary/aromatic N) is 1. The van der Waals surface area contributed by atoms with Gasteiger partial charge in [-0.25, -0.2) is 13.4 Å². The lowest BCUT2D eigenvalue weighted by Gasteiger charge is -2.23. The molecule has 1 aromatic heterocycles. The van der Waals surface area contributed by atoms with Gasteiger partial charge in [-0.15, -0.1) is 0 Å². The molecule has 264 valence electrons. The molecule has 0 saturated heterocycles. The quantitative estimate of drug-likeness (QED) is 0.195. The topological polar surface area (TPSA) is 178 Å². The van der Waals surface area contributed by atoms with Crippen molar-refractivity contribution in [2.75, 3.05) is 37.4 Å². The highest BCUT2D eigenvalue weighted by Gasteiger charge is 2.28. The number of ether oxygens (including phenoxy) is 4. The van der Waals surface area contributed by atoms with E-state index in [2.05, 4.69) is 15.0 Å². The summed E-state index contributed by atoms with van der Waals surface area (Å²) in [7, 11) is -2.76. The summed E-state index contributed by atoms with van der Waals surface area (Å²) in [5.41, 5.74) is 5.77. The third-order valence-electron chi connectivity index (χ3n) is 7.19. The Morgan fingerprint density at radius 2 is 1.73 bits per heavy atom. The molecule has 49 heavy (non-hydrogen) atoms. The standard InChI is InChI=1S/C31H32Cl2F2N4O9S/c1-45-24-7-6-19(9-23(24)39(15-28(36)40)49(2,43)44)30(42)38-14-29(41)47-26(11-20-21(32)12-37-13-22(20)33)18-5-8-25(48-31(34)35)27(10-18)46-16-17-3-4-17/h5-10,12-13,17,26,31H,3-4,11,14-16H2,1-2H3,(H2,36,40)(H,38,42)/p+1/t26-/m0/s1. The van der Waals surface area contributed by atoms with Gasteiger partial charge in [0.2, 0.25) is 15.9 Å². The van der Waals surface area contributed by atoms with Crippen molar-refractivity contribution in [2.45, 2.75) is 32.0 Å². The molecule has 1 heterocycles. The molecule has 0 bridgehead atoms. The SMILES string of the molecule is COc1ccc(C(=O)NCC(=O)O[C@@H](Cc2c(Cl)c[nH+]cc2Cl)c2ccc(OC(F)F)c(OCC3CC3)c2)cc1N(CC(N)=O)S(C)(=O)=O. The van der Waals surface area contributed by atoms with E-state index in [1.807, 2.05) is 0 Å². The van der Waals surface area contributed by atoms with Crippen LogP contribution in [0.1, 0.15) is 40.4 Å². The van der Waals surface area contributed by atoms with Crippen LogP contribution in [0.4, 0.5) is 14.5 Å². The van der Waals surface area contributed by atoms with Crippen molar-refractivity contribution < 1.29 is 55.5 Å². The number of methoxy groups -OCH3 is 1. The number of aromatic nitrogens is 1. The Morgan fingerprint density at radius 3 is 2.33 bits per heavy atom. The zero-order valence-electron chi connectivity index (χ0n) is 26.2. The second-order valence-corrected chi connectivity index (χ2v) is 13.7. The van der Waals surface area contributed by atoms with Gasteiger partial charge in [-0.3, -0.25) is 18.7 Å². The van der Waals surface area contributed by atoms with Crippen LogP contribution in [-0.4, -0.2) is 65.9 Å². The molecule has 4 N–H and O–H groups in total. The molecule has 13 nitrogen and oxygen atoms in total. The number of hydrogen-bond acceptors (Lipinski definition) is 9. The first kappa shape index (κ1) is 37.4. The Labute approximate surface area is 290 Å². The number of hydrogen-bond donors (Lipinski definition) is 2. The smallest absolute Gasteiger partial charge is 0.387 e. The summed E-state index contributed by atoms with van der Waals surface area (Å²) in [6.07, 6.45) is 4.55. The van der Waals surface area contributed by atoms with Gasteiger partial charge in [0.15, 0.2) is 23.9 Å². The number of rotatable bonds is 17. The van der Waals surface area contributed by atoms with Crippen LogP contribution in [0, 0.1) is 5.92 Å². The Morgan fingerprint density at radius 1 is 1.06 bits per heavy atom. The number of amides is 2. The number of anilines is 1. The van der Waals surface area contributed by atoms with E-state index in [1.165, 1.54) is 49.8 Å². The lowest BCUT2D eigenvalue weighted by Crippen LogP contribution is -2.38. The number of H-pyrrole nitrogens is 1. The first-order valence-electron chi connectivity index (χ1n) is 14.6. The summed E-state index contributed by atoms with van der Waals surface area (Å²) in [6, 6.07) is 7.91. The van der Waals surface area contributed by atoms with E-state index < -0.39 is 53.6 Å². The van der Waals surface area contributed by atoms with Gasteiger partial charge >= 0.3 is 12.6 Å². The summed E-state index contributed by atoms with van der Waals surface area (Å²) in [6.45, 7) is -4.19. The number of halogens is 4. The van der Waals surface area contributed by atoms with Crippen LogP contribution in [0.25, 0.3) is 0 Å². The lowest BCUT2D eigenvalue weighted by atomic mass is 10.0. The average molecular weight is 747 g/mol. The van der Waals surface area contributed by atoms with E-state index in [0.717, 1.165) is 25.2 Å². The zero-order chi connectivity index (χ0) is 35.9. The predicted octanol–water partition coefficient (Wildman–Crippen LogP) is 3.71. The molecule has 1 fully saturated rings. The van der Waals surface area contributed by atoms with Crippen LogP contribution in [0.15, 0.2) is 48.8 Å². The number of esters is 1. The lowest BCUT2D eigenvalue weighted by molar-refractivity contribution is -0.377. The monoisotopic (exact) mass is 745 g/mol. The van der Waals surface area contributed by atoms with Gasteiger partial charge in [-0.1, -0.05) is 29.3 Å². The van der Waals surface area contributed by atoms with Gasteiger partial charge in [0.05, 0.1) is 25.7 Å². The van der Waals surface area contributed by atoms with Crippen molar-refractivity contribution >= 4 is 56.7 Å². The normalized spacial score (nSPS) is 13.4. The molecule has 1 aliphatic rings. The van der Waals surface area contributed by atoms with Gasteiger partial charge in [-0.05, 0) is 54.7 Å². The van der Waals surface area contributed by atoms with E-state index >= 15 is 0 Å². The first-order valence-corrected chi connectivity index (χ1v) is 17.2. The average Bonchev–Trinajstić information content (AvgIpc) is 3.87. The molecular weight excluding hydrogens is 713 g/mol. The van der Waals surface area contributed by atoms with E-state index in [-0.39, 0.29) is 57.5 Å². The second kappa shape index (κ2) is 16.3. The van der Waals surface area contributed by atoms with Crippen LogP contribution in [0.2, 0.25) is 10.0 Å². The number of carbonyl (C=O) groups is 3. The highest BCUT2D eigenvalue weighted by atomic mass is 35.5. The maximum Gasteiger partial charge on any atom is 0.387 e. The number of benzene rings is 2. The number of nitrogens with two attached hydrogens (primary N) is 1. The molecule has 1 aliphatic carbocycles. The number of sulfonamides is 1. The summed E-state index contributed by atoms with van der Waals surface area (Å²) < 4.78 is 73.1. The van der Waals surface area contributed by atoms with Crippen molar-refractivity contribution in [1.29, 1.82) is 0 Å². The summed E-state index contributed by atoms with van der Waals surface area (Å²) in [5, 5.41) is 2.88. The number of primary amides is 1. The molecule has 0 radical (unpaired) electrons. The van der Waals surface area contributed by atoms with Crippen molar-refractivity contribution in [2.24, 2.45) is 11.7 Å². The van der Waals surface area contributed by atoms with Crippen LogP contribution in [0.5, 0.6) is 17.2 Å². The van der Waals surface area contributed by atoms with E-state index in [4.69, 9.17) is 43.1 Å². The van der Waals surface area contributed by atoms with Crippen LogP contribution in [-0.2, 0) is 30.8 Å². The molecule has 0 aliphatic heterocycles. The minimum Gasteiger partial charge on any atom is -0.495 e. The second-order valence-electron chi connectivity index (χ2n) is 11.0. The van der Waals surface area contributed by atoms with Crippen LogP contribution >= 0.6 is 23.2 Å². The molecule has 2 aromatic carbocycles. The van der Waals surface area contributed by atoms with Crippen molar-refractivity contribution in [3.8, 4) is 17.2 Å². The third kappa shape index (κ3) is 10.5. The number of carbonyl (C=O) groups excluding carboxylic acids is 3. The zero-order valence-corrected chi connectivity index (χ0v) is 28.5. The van der Waals surface area contributed by atoms with E-state index in [0.29, 0.717) is 15.4 Å². The highest BCUT2D eigenvalue weighted by Crippen LogP contribution is 2.38. The molecular formula is C31H33Cl2F2N4O9S+. The maximum absolute atomic E-state index is 13.1. The first-order chi connectivity index (χ1) is 23.2. The van der Waals surface area contributed by atoms with E-state index in [1.54, 1.807) is 0 Å². The minimum absolute atomic E-state index is 0.0208. The Balaban J connectivity index is 1.57. The van der Waals surface area contributed by atoms with Crippen LogP contribution < -0.4 is 34.6 Å². The summed E-state index contributed by atoms with van der Waals surface area (Å²) in [4.78, 5) is 40.6. The minimum atomic E-state index is -4.03. The fraction of sp³-hybridized carbons (Fsp3) is 0.355. The molecule has 3 aromatic rings. The van der Waals surface area contributed by atoms with Gasteiger partial charge in [-0.2, -0.15) is 8.78 Å². The molecule has 18 heteroatoms. The third-order valence-corrected chi connectivity index (χ3v) is 8.99. The van der Waals surface area contributed by atoms with Crippen molar-refractivity contribution in [1.82, 2.24) is 5.32 Å². The molecule has 0 unspecified atom stereocenters. The molecule has 0 spiro atoms. The van der Waals surface area contributed by atoms with Gasteiger partial charge < -0.3 is 30.0 Å². The number of pyridine rings is 1. The van der Waals surface area contributed by atoms with Gasteiger partial charge in [0.1, 0.15) is 35.0 Å². The molecule has 4 rings (SSSR count). The van der Waals surface area contributed by atoms with Crippen LogP contribution in [0.3, 0.4) is 0 Å². The Bertz CT molecular complexity index is 1790. The maximum atomic E-state index is 13.1. The molecule has 1 saturated carbocycles. The fourth-order valence-electron chi connectivity index (χ4n) is 4.61. The number of alkyl halides is 2. The van der Waals surface area contributed by atoms with Crippen molar-refractivity contribution in [3.63, 3.8) is 0 Å². The van der Waals surface area contributed by atoms with E-state index in [9.17, 15) is 31.6 Å². The number of nitrogens with one attached hydrogen (secondary N) is 2. The van der Waals surface area contributed by atoms with Crippen molar-refractivity contribution in [3.05, 3.63) is 75.5 Å². The largest absolute Gasteiger partial charge is 0.495 e. The summed E-state index contributed by atoms with van der Waals surface area (Å²) >= 11 is 12.7. The molecule has 1 atom stereocenters. The molecule has 2 amide bonds. The predicted molar refractivity (Wildman–Crippen MR) is 174 cm³/mol. The Hall–Kier alpha value is -4.41. The summed E-state index contributed by atoms with van der Waals surface area (Å²) in [5.74, 6) is -2.50. The van der Waals surface area contributed by atoms with Gasteiger partial charge in [0, 0.05) is 17.5 Å².